The van der Waals surface area contributed by atoms with Gasteiger partial charge in [-0.05, 0) is 31.2 Å². The Morgan fingerprint density at radius 2 is 2.24 bits per heavy atom. The molecule has 0 unspecified atom stereocenters. The number of carbonyl (C=O) groups excluding carboxylic acids is 2. The van der Waals surface area contributed by atoms with Crippen LogP contribution in [0.15, 0.2) is 24.3 Å². The molecule has 1 saturated heterocycles. The van der Waals surface area contributed by atoms with E-state index in [1.807, 2.05) is 13.0 Å². The summed E-state index contributed by atoms with van der Waals surface area (Å²) in [5.74, 6) is -0.118. The van der Waals surface area contributed by atoms with Gasteiger partial charge in [0.05, 0.1) is 0 Å². The second kappa shape index (κ2) is 7.64. The van der Waals surface area contributed by atoms with Crippen molar-refractivity contribution >= 4 is 17.6 Å². The lowest BCUT2D eigenvalue weighted by atomic mass is 10.1. The molecule has 3 N–H and O–H groups in total. The van der Waals surface area contributed by atoms with Gasteiger partial charge < -0.3 is 16.0 Å². The average Bonchev–Trinajstić information content (AvgIpc) is 2.52. The molecule has 6 heteroatoms. The van der Waals surface area contributed by atoms with Gasteiger partial charge in [-0.3, -0.25) is 9.69 Å². The molecule has 1 aromatic rings. The molecular formula is C15H22N4O2. The van der Waals surface area contributed by atoms with E-state index < -0.39 is 0 Å². The lowest BCUT2D eigenvalue weighted by molar-refractivity contribution is 0.0954. The Kier molecular flexibility index (Phi) is 5.57. The van der Waals surface area contributed by atoms with Crippen molar-refractivity contribution in [1.82, 2.24) is 16.0 Å². The topological polar surface area (TPSA) is 73.5 Å². The van der Waals surface area contributed by atoms with Gasteiger partial charge in [-0.1, -0.05) is 13.0 Å². The van der Waals surface area contributed by atoms with Gasteiger partial charge in [-0.2, -0.15) is 0 Å². The number of nitrogens with one attached hydrogen (secondary N) is 3. The van der Waals surface area contributed by atoms with Crippen LogP contribution in [0.25, 0.3) is 0 Å². The Hall–Kier alpha value is -2.08. The van der Waals surface area contributed by atoms with E-state index >= 15 is 0 Å². The summed E-state index contributed by atoms with van der Waals surface area (Å²) in [6.45, 7) is 5.62. The number of urea groups is 1. The van der Waals surface area contributed by atoms with Crippen LogP contribution in [0.1, 0.15) is 23.7 Å². The molecule has 0 atom stereocenters. The third-order valence-electron chi connectivity index (χ3n) is 3.34. The summed E-state index contributed by atoms with van der Waals surface area (Å²) in [6.07, 6.45) is 0.908. The van der Waals surface area contributed by atoms with E-state index in [2.05, 4.69) is 16.0 Å². The SMILES string of the molecule is CCNCCNC(=O)c1cccc(N2CCCNC2=O)c1. The summed E-state index contributed by atoms with van der Waals surface area (Å²) < 4.78 is 0. The van der Waals surface area contributed by atoms with Gasteiger partial charge in [0.25, 0.3) is 5.91 Å². The van der Waals surface area contributed by atoms with Crippen LogP contribution >= 0.6 is 0 Å². The summed E-state index contributed by atoms with van der Waals surface area (Å²) in [5, 5.41) is 8.81. The van der Waals surface area contributed by atoms with Crippen molar-refractivity contribution in [3.8, 4) is 0 Å². The fourth-order valence-electron chi connectivity index (χ4n) is 2.23. The fourth-order valence-corrected chi connectivity index (χ4v) is 2.23. The molecule has 21 heavy (non-hydrogen) atoms. The van der Waals surface area contributed by atoms with Gasteiger partial charge in [0, 0.05) is 37.4 Å². The summed E-state index contributed by atoms with van der Waals surface area (Å²) in [4.78, 5) is 25.6. The van der Waals surface area contributed by atoms with Gasteiger partial charge in [-0.25, -0.2) is 4.79 Å². The quantitative estimate of drug-likeness (QED) is 0.683. The van der Waals surface area contributed by atoms with Crippen LogP contribution in [-0.2, 0) is 0 Å². The number of nitrogens with zero attached hydrogens (tertiary/aromatic N) is 1. The van der Waals surface area contributed by atoms with Crippen LogP contribution < -0.4 is 20.9 Å². The van der Waals surface area contributed by atoms with Crippen LogP contribution in [0.3, 0.4) is 0 Å². The van der Waals surface area contributed by atoms with Crippen LogP contribution in [0, 0.1) is 0 Å². The number of likely N-dealkylation sites (N-methyl/N-ethyl adjacent to an activating group) is 1. The minimum absolute atomic E-state index is 0.106. The summed E-state index contributed by atoms with van der Waals surface area (Å²) in [6, 6.07) is 7.06. The van der Waals surface area contributed by atoms with E-state index in [0.717, 1.165) is 25.2 Å². The normalized spacial score (nSPS) is 14.7. The summed E-state index contributed by atoms with van der Waals surface area (Å²) in [7, 11) is 0. The number of amides is 3. The van der Waals surface area contributed by atoms with Crippen molar-refractivity contribution in [2.45, 2.75) is 13.3 Å². The molecule has 3 amide bonds. The number of hydrogen-bond acceptors (Lipinski definition) is 3. The lowest BCUT2D eigenvalue weighted by Gasteiger charge is -2.27. The van der Waals surface area contributed by atoms with Crippen molar-refractivity contribution in [2.24, 2.45) is 0 Å². The molecule has 0 aliphatic carbocycles. The molecule has 1 aliphatic heterocycles. The Labute approximate surface area is 124 Å². The number of hydrogen-bond donors (Lipinski definition) is 3. The molecule has 0 aromatic heterocycles. The Bertz CT molecular complexity index is 504. The Balaban J connectivity index is 1.99. The fraction of sp³-hybridized carbons (Fsp3) is 0.467. The van der Waals surface area contributed by atoms with Crippen molar-refractivity contribution in [3.63, 3.8) is 0 Å². The molecule has 1 heterocycles. The zero-order chi connectivity index (χ0) is 15.1. The highest BCUT2D eigenvalue weighted by Crippen LogP contribution is 2.18. The highest BCUT2D eigenvalue weighted by molar-refractivity contribution is 5.97. The van der Waals surface area contributed by atoms with Crippen LogP contribution in [0.2, 0.25) is 0 Å². The van der Waals surface area contributed by atoms with Crippen LogP contribution in [-0.4, -0.2) is 44.7 Å². The van der Waals surface area contributed by atoms with Gasteiger partial charge in [0.2, 0.25) is 0 Å². The van der Waals surface area contributed by atoms with Gasteiger partial charge in [0.1, 0.15) is 0 Å². The van der Waals surface area contributed by atoms with Crippen LogP contribution in [0.5, 0.6) is 0 Å². The first-order valence-electron chi connectivity index (χ1n) is 7.36. The third kappa shape index (κ3) is 4.19. The monoisotopic (exact) mass is 290 g/mol. The lowest BCUT2D eigenvalue weighted by Crippen LogP contribution is -2.46. The van der Waals surface area contributed by atoms with E-state index in [-0.39, 0.29) is 11.9 Å². The Morgan fingerprint density at radius 3 is 3.00 bits per heavy atom. The maximum Gasteiger partial charge on any atom is 0.321 e. The summed E-state index contributed by atoms with van der Waals surface area (Å²) >= 11 is 0. The predicted molar refractivity (Wildman–Crippen MR) is 82.7 cm³/mol. The Morgan fingerprint density at radius 1 is 1.38 bits per heavy atom. The largest absolute Gasteiger partial charge is 0.351 e. The molecule has 1 fully saturated rings. The molecule has 2 rings (SSSR count). The number of anilines is 1. The van der Waals surface area contributed by atoms with E-state index in [0.29, 0.717) is 25.2 Å². The number of benzene rings is 1. The predicted octanol–water partition coefficient (Wildman–Crippen LogP) is 0.946. The third-order valence-corrected chi connectivity index (χ3v) is 3.34. The van der Waals surface area contributed by atoms with Gasteiger partial charge >= 0.3 is 6.03 Å². The maximum atomic E-state index is 12.1. The van der Waals surface area contributed by atoms with E-state index in [1.54, 1.807) is 23.1 Å². The highest BCUT2D eigenvalue weighted by Gasteiger charge is 2.19. The zero-order valence-electron chi connectivity index (χ0n) is 12.3. The van der Waals surface area contributed by atoms with Crippen molar-refractivity contribution in [3.05, 3.63) is 29.8 Å². The second-order valence-electron chi connectivity index (χ2n) is 4.90. The molecule has 0 saturated carbocycles. The molecule has 0 spiro atoms. The smallest absolute Gasteiger partial charge is 0.321 e. The molecular weight excluding hydrogens is 268 g/mol. The number of rotatable bonds is 6. The van der Waals surface area contributed by atoms with Crippen molar-refractivity contribution in [2.75, 3.05) is 37.6 Å². The first-order chi connectivity index (χ1) is 10.2. The minimum atomic E-state index is -0.118. The maximum absolute atomic E-state index is 12.1. The minimum Gasteiger partial charge on any atom is -0.351 e. The molecule has 6 nitrogen and oxygen atoms in total. The van der Waals surface area contributed by atoms with E-state index in [1.165, 1.54) is 0 Å². The second-order valence-corrected chi connectivity index (χ2v) is 4.90. The molecule has 0 radical (unpaired) electrons. The molecule has 114 valence electrons. The first-order valence-corrected chi connectivity index (χ1v) is 7.36. The van der Waals surface area contributed by atoms with Gasteiger partial charge in [0.15, 0.2) is 0 Å². The van der Waals surface area contributed by atoms with E-state index in [4.69, 9.17) is 0 Å². The zero-order valence-corrected chi connectivity index (χ0v) is 12.3. The van der Waals surface area contributed by atoms with Crippen molar-refractivity contribution in [1.29, 1.82) is 0 Å². The van der Waals surface area contributed by atoms with Crippen LogP contribution in [0.4, 0.5) is 10.5 Å². The average molecular weight is 290 g/mol. The molecule has 1 aliphatic rings. The first kappa shape index (κ1) is 15.3. The highest BCUT2D eigenvalue weighted by atomic mass is 16.2. The summed E-state index contributed by atoms with van der Waals surface area (Å²) in [5.41, 5.74) is 1.33. The number of carbonyl (C=O) groups is 2. The van der Waals surface area contributed by atoms with E-state index in [9.17, 15) is 9.59 Å². The van der Waals surface area contributed by atoms with Crippen molar-refractivity contribution < 1.29 is 9.59 Å². The molecule has 0 bridgehead atoms. The standard InChI is InChI=1S/C15H22N4O2/c1-2-16-8-9-17-14(20)12-5-3-6-13(11-12)19-10-4-7-18-15(19)21/h3,5-6,11,16H,2,4,7-10H2,1H3,(H,17,20)(H,18,21). The molecule has 1 aromatic carbocycles. The van der Waals surface area contributed by atoms with Gasteiger partial charge in [-0.15, -0.1) is 0 Å².